The average molecular weight is 409 g/mol. The number of benzene rings is 3. The molecule has 1 N–H and O–H groups in total. The Balaban J connectivity index is 1.72. The van der Waals surface area contributed by atoms with Crippen LogP contribution in [0.3, 0.4) is 0 Å². The fourth-order valence-electron chi connectivity index (χ4n) is 2.63. The first kappa shape index (κ1) is 20.3. The van der Waals surface area contributed by atoms with Crippen LogP contribution in [0.4, 0.5) is 5.69 Å². The molecule has 29 heavy (non-hydrogen) atoms. The highest BCUT2D eigenvalue weighted by molar-refractivity contribution is 7.91. The molecule has 0 aromatic heterocycles. The molecule has 0 saturated carbocycles. The van der Waals surface area contributed by atoms with Gasteiger partial charge in [0.25, 0.3) is 5.91 Å². The van der Waals surface area contributed by atoms with Crippen LogP contribution in [0.25, 0.3) is 0 Å². The standard InChI is InChI=1S/C22H19NO5S/c1-2-28-22(25)17-8-12-18(13-9-17)23-21(24)16-10-14-20(15-11-16)29(26,27)19-6-4-3-5-7-19/h3-15H,2H2,1H3,(H,23,24). The van der Waals surface area contributed by atoms with Crippen LogP contribution in [0.1, 0.15) is 27.6 Å². The molecular formula is C22H19NO5S. The molecule has 0 fully saturated rings. The number of carbonyl (C=O) groups excluding carboxylic acids is 2. The van der Waals surface area contributed by atoms with Crippen LogP contribution in [0.2, 0.25) is 0 Å². The zero-order chi connectivity index (χ0) is 20.9. The van der Waals surface area contributed by atoms with Gasteiger partial charge in [-0.15, -0.1) is 0 Å². The molecule has 3 aromatic rings. The number of carbonyl (C=O) groups is 2. The van der Waals surface area contributed by atoms with E-state index in [2.05, 4.69) is 5.32 Å². The van der Waals surface area contributed by atoms with E-state index in [0.717, 1.165) is 0 Å². The quantitative estimate of drug-likeness (QED) is 0.623. The third-order valence-corrected chi connectivity index (χ3v) is 5.92. The summed E-state index contributed by atoms with van der Waals surface area (Å²) < 4.78 is 30.1. The van der Waals surface area contributed by atoms with Crippen LogP contribution >= 0.6 is 0 Å². The van der Waals surface area contributed by atoms with Gasteiger partial charge in [-0.2, -0.15) is 0 Å². The number of nitrogens with one attached hydrogen (secondary N) is 1. The Morgan fingerprint density at radius 1 is 0.793 bits per heavy atom. The first-order valence-corrected chi connectivity index (χ1v) is 10.4. The van der Waals surface area contributed by atoms with E-state index in [9.17, 15) is 18.0 Å². The maximum Gasteiger partial charge on any atom is 0.338 e. The normalized spacial score (nSPS) is 10.9. The fraction of sp³-hybridized carbons (Fsp3) is 0.0909. The molecule has 3 aromatic carbocycles. The van der Waals surface area contributed by atoms with Gasteiger partial charge in [-0.1, -0.05) is 18.2 Å². The monoisotopic (exact) mass is 409 g/mol. The van der Waals surface area contributed by atoms with Gasteiger partial charge in [0.2, 0.25) is 9.84 Å². The van der Waals surface area contributed by atoms with Crippen molar-refractivity contribution in [3.05, 3.63) is 90.0 Å². The number of esters is 1. The Morgan fingerprint density at radius 3 is 1.93 bits per heavy atom. The van der Waals surface area contributed by atoms with Crippen molar-refractivity contribution >= 4 is 27.4 Å². The molecule has 0 atom stereocenters. The third kappa shape index (κ3) is 4.70. The highest BCUT2D eigenvalue weighted by Crippen LogP contribution is 2.21. The summed E-state index contributed by atoms with van der Waals surface area (Å²) in [6.07, 6.45) is 0. The number of rotatable bonds is 6. The van der Waals surface area contributed by atoms with Gasteiger partial charge in [0.05, 0.1) is 22.0 Å². The van der Waals surface area contributed by atoms with Crippen LogP contribution in [-0.4, -0.2) is 26.9 Å². The summed E-state index contributed by atoms with van der Waals surface area (Å²) in [5.74, 6) is -0.821. The van der Waals surface area contributed by atoms with E-state index in [4.69, 9.17) is 4.74 Å². The highest BCUT2D eigenvalue weighted by atomic mass is 32.2. The summed E-state index contributed by atoms with van der Waals surface area (Å²) in [6.45, 7) is 2.01. The zero-order valence-corrected chi connectivity index (χ0v) is 16.5. The lowest BCUT2D eigenvalue weighted by molar-refractivity contribution is 0.0526. The third-order valence-electron chi connectivity index (χ3n) is 4.13. The van der Waals surface area contributed by atoms with Gasteiger partial charge < -0.3 is 10.1 Å². The molecule has 0 bridgehead atoms. The minimum atomic E-state index is -3.63. The van der Waals surface area contributed by atoms with E-state index >= 15 is 0 Å². The van der Waals surface area contributed by atoms with Crippen LogP contribution in [0, 0.1) is 0 Å². The maximum atomic E-state index is 12.6. The van der Waals surface area contributed by atoms with Gasteiger partial charge in [0.1, 0.15) is 0 Å². The zero-order valence-electron chi connectivity index (χ0n) is 15.7. The second-order valence-corrected chi connectivity index (χ2v) is 8.04. The Morgan fingerprint density at radius 2 is 1.34 bits per heavy atom. The van der Waals surface area contributed by atoms with Gasteiger partial charge in [-0.05, 0) is 67.6 Å². The smallest absolute Gasteiger partial charge is 0.338 e. The van der Waals surface area contributed by atoms with Crippen LogP contribution in [0.15, 0.2) is 88.7 Å². The number of ether oxygens (including phenoxy) is 1. The largest absolute Gasteiger partial charge is 0.462 e. The maximum absolute atomic E-state index is 12.6. The van der Waals surface area contributed by atoms with Gasteiger partial charge in [0.15, 0.2) is 0 Å². The SMILES string of the molecule is CCOC(=O)c1ccc(NC(=O)c2ccc(S(=O)(=O)c3ccccc3)cc2)cc1. The summed E-state index contributed by atoms with van der Waals surface area (Å²) >= 11 is 0. The lowest BCUT2D eigenvalue weighted by atomic mass is 10.2. The second-order valence-electron chi connectivity index (χ2n) is 6.09. The lowest BCUT2D eigenvalue weighted by Crippen LogP contribution is -2.12. The van der Waals surface area contributed by atoms with Crippen LogP contribution in [0.5, 0.6) is 0 Å². The molecule has 3 rings (SSSR count). The second kappa shape index (κ2) is 8.70. The van der Waals surface area contributed by atoms with Crippen molar-refractivity contribution in [2.75, 3.05) is 11.9 Å². The molecule has 0 radical (unpaired) electrons. The Kier molecular flexibility index (Phi) is 6.09. The van der Waals surface area contributed by atoms with E-state index in [1.54, 1.807) is 49.4 Å². The van der Waals surface area contributed by atoms with Crippen LogP contribution in [-0.2, 0) is 14.6 Å². The minimum absolute atomic E-state index is 0.110. The molecule has 0 heterocycles. The average Bonchev–Trinajstić information content (AvgIpc) is 2.75. The number of hydrogen-bond donors (Lipinski definition) is 1. The lowest BCUT2D eigenvalue weighted by Gasteiger charge is -2.08. The molecule has 6 nitrogen and oxygen atoms in total. The first-order valence-electron chi connectivity index (χ1n) is 8.90. The van der Waals surface area contributed by atoms with Crippen molar-refractivity contribution in [1.29, 1.82) is 0 Å². The highest BCUT2D eigenvalue weighted by Gasteiger charge is 2.17. The van der Waals surface area contributed by atoms with E-state index in [0.29, 0.717) is 16.8 Å². The number of anilines is 1. The van der Waals surface area contributed by atoms with Crippen molar-refractivity contribution in [2.45, 2.75) is 16.7 Å². The van der Waals surface area contributed by atoms with Crippen molar-refractivity contribution in [2.24, 2.45) is 0 Å². The van der Waals surface area contributed by atoms with Crippen molar-refractivity contribution in [3.63, 3.8) is 0 Å². The molecule has 0 aliphatic heterocycles. The van der Waals surface area contributed by atoms with E-state index in [-0.39, 0.29) is 16.4 Å². The predicted octanol–water partition coefficient (Wildman–Crippen LogP) is 3.95. The molecule has 148 valence electrons. The molecule has 0 unspecified atom stereocenters. The fourth-order valence-corrected chi connectivity index (χ4v) is 3.91. The molecule has 0 aliphatic rings. The molecular weight excluding hydrogens is 390 g/mol. The number of sulfone groups is 1. The first-order chi connectivity index (χ1) is 13.9. The van der Waals surface area contributed by atoms with Crippen molar-refractivity contribution < 1.29 is 22.7 Å². The topological polar surface area (TPSA) is 89.5 Å². The van der Waals surface area contributed by atoms with Crippen molar-refractivity contribution in [1.82, 2.24) is 0 Å². The van der Waals surface area contributed by atoms with E-state index < -0.39 is 21.7 Å². The summed E-state index contributed by atoms with van der Waals surface area (Å²) in [4.78, 5) is 24.4. The van der Waals surface area contributed by atoms with Gasteiger partial charge in [0, 0.05) is 11.3 Å². The van der Waals surface area contributed by atoms with E-state index in [1.165, 1.54) is 36.4 Å². The predicted molar refractivity (Wildman–Crippen MR) is 109 cm³/mol. The minimum Gasteiger partial charge on any atom is -0.462 e. The molecule has 0 saturated heterocycles. The van der Waals surface area contributed by atoms with Crippen LogP contribution < -0.4 is 5.32 Å². The molecule has 7 heteroatoms. The number of amides is 1. The summed E-state index contributed by atoms with van der Waals surface area (Å²) in [5.41, 5.74) is 1.20. The molecule has 0 spiro atoms. The number of hydrogen-bond acceptors (Lipinski definition) is 5. The van der Waals surface area contributed by atoms with Crippen molar-refractivity contribution in [3.8, 4) is 0 Å². The molecule has 1 amide bonds. The van der Waals surface area contributed by atoms with Gasteiger partial charge in [-0.25, -0.2) is 13.2 Å². The van der Waals surface area contributed by atoms with Gasteiger partial charge >= 0.3 is 5.97 Å². The molecule has 0 aliphatic carbocycles. The summed E-state index contributed by atoms with van der Waals surface area (Å²) in [5, 5.41) is 2.71. The Bertz CT molecular complexity index is 1110. The van der Waals surface area contributed by atoms with E-state index in [1.807, 2.05) is 0 Å². The Hall–Kier alpha value is -3.45. The van der Waals surface area contributed by atoms with Gasteiger partial charge in [-0.3, -0.25) is 4.79 Å². The Labute approximate surface area is 169 Å². The summed E-state index contributed by atoms with van der Waals surface area (Å²) in [6, 6.07) is 20.1. The summed E-state index contributed by atoms with van der Waals surface area (Å²) in [7, 11) is -3.63.